The van der Waals surface area contributed by atoms with Gasteiger partial charge in [0.15, 0.2) is 0 Å². The maximum Gasteiger partial charge on any atom is 0.249 e. The molecule has 0 unspecified atom stereocenters. The first kappa shape index (κ1) is 21.5. The van der Waals surface area contributed by atoms with Gasteiger partial charge in [0.2, 0.25) is 17.6 Å². The number of carbonyl (C=O) groups is 1. The van der Waals surface area contributed by atoms with E-state index in [9.17, 15) is 4.79 Å². The van der Waals surface area contributed by atoms with Crippen molar-refractivity contribution in [2.45, 2.75) is 32.9 Å². The fraction of sp³-hybridized carbons (Fsp3) is 0.348. The molecule has 0 radical (unpaired) electrons. The largest absolute Gasteiger partial charge is 0.497 e. The van der Waals surface area contributed by atoms with Crippen molar-refractivity contribution in [3.63, 3.8) is 0 Å². The van der Waals surface area contributed by atoms with Gasteiger partial charge in [-0.15, -0.1) is 0 Å². The highest BCUT2D eigenvalue weighted by Gasteiger charge is 2.26. The van der Waals surface area contributed by atoms with Crippen LogP contribution in [0.2, 0.25) is 0 Å². The lowest BCUT2D eigenvalue weighted by atomic mass is 9.99. The zero-order chi connectivity index (χ0) is 21.3. The van der Waals surface area contributed by atoms with E-state index in [-0.39, 0.29) is 24.5 Å². The fourth-order valence-electron chi connectivity index (χ4n) is 2.95. The predicted octanol–water partition coefficient (Wildman–Crippen LogP) is 4.17. The molecule has 0 saturated carbocycles. The van der Waals surface area contributed by atoms with E-state index in [1.807, 2.05) is 61.5 Å². The SMILES string of the molecule is CC[C@@H](C)[C@H](NC(=O)COCc1ccccc1)c1nc(-c2ccc(OC)cc2)no1. The van der Waals surface area contributed by atoms with E-state index in [0.29, 0.717) is 18.3 Å². The van der Waals surface area contributed by atoms with Gasteiger partial charge in [0.05, 0.1) is 13.7 Å². The van der Waals surface area contributed by atoms with Gasteiger partial charge >= 0.3 is 0 Å². The predicted molar refractivity (Wildman–Crippen MR) is 113 cm³/mol. The van der Waals surface area contributed by atoms with Crippen molar-refractivity contribution >= 4 is 5.91 Å². The number of rotatable bonds is 10. The summed E-state index contributed by atoms with van der Waals surface area (Å²) in [7, 11) is 1.62. The summed E-state index contributed by atoms with van der Waals surface area (Å²) in [4.78, 5) is 17.0. The Hall–Kier alpha value is -3.19. The molecule has 0 fully saturated rings. The van der Waals surface area contributed by atoms with Crippen LogP contribution in [0.4, 0.5) is 0 Å². The molecule has 1 N–H and O–H groups in total. The third kappa shape index (κ3) is 5.67. The standard InChI is InChI=1S/C23H27N3O4/c1-4-16(2)21(24-20(27)15-29-14-17-8-6-5-7-9-17)23-25-22(26-30-23)18-10-12-19(28-3)13-11-18/h5-13,16,21H,4,14-15H2,1-3H3,(H,24,27)/t16-,21+/m1/s1. The normalized spacial score (nSPS) is 12.9. The quantitative estimate of drug-likeness (QED) is 0.541. The van der Waals surface area contributed by atoms with Crippen molar-refractivity contribution in [3.8, 4) is 17.1 Å². The summed E-state index contributed by atoms with van der Waals surface area (Å²) in [5.74, 6) is 1.50. The zero-order valence-electron chi connectivity index (χ0n) is 17.5. The molecule has 1 heterocycles. The number of methoxy groups -OCH3 is 1. The number of aromatic nitrogens is 2. The summed E-state index contributed by atoms with van der Waals surface area (Å²) in [6.45, 7) is 4.43. The minimum atomic E-state index is -0.387. The Kier molecular flexibility index (Phi) is 7.57. The van der Waals surface area contributed by atoms with Gasteiger partial charge in [-0.1, -0.05) is 55.8 Å². The van der Waals surface area contributed by atoms with Crippen LogP contribution >= 0.6 is 0 Å². The summed E-state index contributed by atoms with van der Waals surface area (Å²) in [5, 5.41) is 7.05. The molecule has 7 heteroatoms. The topological polar surface area (TPSA) is 86.5 Å². The van der Waals surface area contributed by atoms with Crippen molar-refractivity contribution in [1.82, 2.24) is 15.5 Å². The van der Waals surface area contributed by atoms with Crippen molar-refractivity contribution in [3.05, 3.63) is 66.1 Å². The molecule has 7 nitrogen and oxygen atoms in total. The van der Waals surface area contributed by atoms with E-state index in [0.717, 1.165) is 23.3 Å². The fourth-order valence-corrected chi connectivity index (χ4v) is 2.95. The smallest absolute Gasteiger partial charge is 0.249 e. The zero-order valence-corrected chi connectivity index (χ0v) is 17.5. The molecule has 30 heavy (non-hydrogen) atoms. The second-order valence-electron chi connectivity index (χ2n) is 7.09. The van der Waals surface area contributed by atoms with Gasteiger partial charge < -0.3 is 19.3 Å². The molecular formula is C23H27N3O4. The molecule has 0 aliphatic rings. The number of nitrogens with one attached hydrogen (secondary N) is 1. The Balaban J connectivity index is 1.63. The Morgan fingerprint density at radius 1 is 1.13 bits per heavy atom. The van der Waals surface area contributed by atoms with Crippen LogP contribution in [0.1, 0.15) is 37.8 Å². The number of carbonyl (C=O) groups excluding carboxylic acids is 1. The minimum absolute atomic E-state index is 0.0404. The highest BCUT2D eigenvalue weighted by Crippen LogP contribution is 2.26. The summed E-state index contributed by atoms with van der Waals surface area (Å²) in [6, 6.07) is 16.7. The monoisotopic (exact) mass is 409 g/mol. The van der Waals surface area contributed by atoms with Gasteiger partial charge in [0, 0.05) is 5.56 Å². The Morgan fingerprint density at radius 2 is 1.87 bits per heavy atom. The molecule has 1 amide bonds. The summed E-state index contributed by atoms with van der Waals surface area (Å²) in [6.07, 6.45) is 0.843. The number of nitrogens with zero attached hydrogens (tertiary/aromatic N) is 2. The van der Waals surface area contributed by atoms with Crippen LogP contribution in [0.5, 0.6) is 5.75 Å². The third-order valence-corrected chi connectivity index (χ3v) is 4.93. The molecular weight excluding hydrogens is 382 g/mol. The number of amides is 1. The number of hydrogen-bond acceptors (Lipinski definition) is 6. The van der Waals surface area contributed by atoms with E-state index in [4.69, 9.17) is 14.0 Å². The van der Waals surface area contributed by atoms with Crippen molar-refractivity contribution in [2.24, 2.45) is 5.92 Å². The summed E-state index contributed by atoms with van der Waals surface area (Å²) < 4.78 is 16.2. The average molecular weight is 409 g/mol. The van der Waals surface area contributed by atoms with Crippen LogP contribution in [0.3, 0.4) is 0 Å². The Labute approximate surface area is 176 Å². The van der Waals surface area contributed by atoms with Crippen molar-refractivity contribution < 1.29 is 18.8 Å². The van der Waals surface area contributed by atoms with E-state index in [2.05, 4.69) is 22.4 Å². The maximum atomic E-state index is 12.4. The lowest BCUT2D eigenvalue weighted by molar-refractivity contribution is -0.127. The molecule has 1 aromatic heterocycles. The highest BCUT2D eigenvalue weighted by molar-refractivity contribution is 5.77. The van der Waals surface area contributed by atoms with Gasteiger partial charge in [0.25, 0.3) is 0 Å². The van der Waals surface area contributed by atoms with Gasteiger partial charge in [0.1, 0.15) is 18.4 Å². The molecule has 0 saturated heterocycles. The molecule has 2 atom stereocenters. The van der Waals surface area contributed by atoms with Crippen LogP contribution in [0.15, 0.2) is 59.1 Å². The molecule has 0 aliphatic heterocycles. The number of benzene rings is 2. The first-order chi connectivity index (χ1) is 14.6. The van der Waals surface area contributed by atoms with E-state index >= 15 is 0 Å². The molecule has 2 aromatic carbocycles. The van der Waals surface area contributed by atoms with E-state index < -0.39 is 0 Å². The van der Waals surface area contributed by atoms with Crippen LogP contribution in [-0.2, 0) is 16.1 Å². The molecule has 0 spiro atoms. The van der Waals surface area contributed by atoms with Crippen LogP contribution in [0, 0.1) is 5.92 Å². The van der Waals surface area contributed by atoms with E-state index in [1.54, 1.807) is 7.11 Å². The second-order valence-corrected chi connectivity index (χ2v) is 7.09. The third-order valence-electron chi connectivity index (χ3n) is 4.93. The van der Waals surface area contributed by atoms with Gasteiger partial charge in [-0.05, 0) is 35.7 Å². The number of hydrogen-bond donors (Lipinski definition) is 1. The summed E-state index contributed by atoms with van der Waals surface area (Å²) >= 11 is 0. The Morgan fingerprint density at radius 3 is 2.53 bits per heavy atom. The highest BCUT2D eigenvalue weighted by atomic mass is 16.5. The molecule has 0 bridgehead atoms. The molecule has 3 aromatic rings. The van der Waals surface area contributed by atoms with E-state index in [1.165, 1.54) is 0 Å². The lowest BCUT2D eigenvalue weighted by Crippen LogP contribution is -2.35. The van der Waals surface area contributed by atoms with Gasteiger partial charge in [-0.25, -0.2) is 0 Å². The first-order valence-corrected chi connectivity index (χ1v) is 9.99. The molecule has 158 valence electrons. The van der Waals surface area contributed by atoms with Gasteiger partial charge in [-0.2, -0.15) is 4.98 Å². The van der Waals surface area contributed by atoms with Crippen molar-refractivity contribution in [1.29, 1.82) is 0 Å². The molecule has 3 rings (SSSR count). The second kappa shape index (κ2) is 10.5. The summed E-state index contributed by atoms with van der Waals surface area (Å²) in [5.41, 5.74) is 1.83. The minimum Gasteiger partial charge on any atom is -0.497 e. The molecule has 0 aliphatic carbocycles. The van der Waals surface area contributed by atoms with Gasteiger partial charge in [-0.3, -0.25) is 4.79 Å². The van der Waals surface area contributed by atoms with Crippen LogP contribution < -0.4 is 10.1 Å². The number of ether oxygens (including phenoxy) is 2. The van der Waals surface area contributed by atoms with Crippen LogP contribution in [-0.4, -0.2) is 29.8 Å². The Bertz CT molecular complexity index is 925. The first-order valence-electron chi connectivity index (χ1n) is 9.99. The van der Waals surface area contributed by atoms with Crippen molar-refractivity contribution in [2.75, 3.05) is 13.7 Å². The van der Waals surface area contributed by atoms with Crippen LogP contribution in [0.25, 0.3) is 11.4 Å². The average Bonchev–Trinajstić information content (AvgIpc) is 3.27. The lowest BCUT2D eigenvalue weighted by Gasteiger charge is -2.20. The maximum absolute atomic E-state index is 12.4.